The number of fused-ring (bicyclic) bond motifs is 1. The van der Waals surface area contributed by atoms with E-state index in [1.54, 1.807) is 17.9 Å². The summed E-state index contributed by atoms with van der Waals surface area (Å²) in [7, 11) is 0. The summed E-state index contributed by atoms with van der Waals surface area (Å²) in [5, 5.41) is 7.05. The molecule has 1 amide bonds. The molecule has 0 bridgehead atoms. The van der Waals surface area contributed by atoms with Gasteiger partial charge in [-0.1, -0.05) is 18.2 Å². The summed E-state index contributed by atoms with van der Waals surface area (Å²) in [6.07, 6.45) is 3.74. The Morgan fingerprint density at radius 2 is 2.35 bits per heavy atom. The quantitative estimate of drug-likeness (QED) is 0.919. The number of rotatable bonds is 3. The third kappa shape index (κ3) is 2.36. The molecule has 2 unspecified atom stereocenters. The van der Waals surface area contributed by atoms with Gasteiger partial charge in [-0.25, -0.2) is 9.67 Å². The highest BCUT2D eigenvalue weighted by Crippen LogP contribution is 2.31. The minimum absolute atomic E-state index is 0.0154. The van der Waals surface area contributed by atoms with Gasteiger partial charge >= 0.3 is 0 Å². The summed E-state index contributed by atoms with van der Waals surface area (Å²) in [4.78, 5) is 16.1. The van der Waals surface area contributed by atoms with Gasteiger partial charge in [0.15, 0.2) is 0 Å². The minimum Gasteiger partial charge on any atom is -0.493 e. The Kier molecular flexibility index (Phi) is 3.37. The molecule has 6 heteroatoms. The molecule has 2 heterocycles. The van der Waals surface area contributed by atoms with E-state index in [2.05, 4.69) is 15.4 Å². The zero-order valence-electron chi connectivity index (χ0n) is 11.2. The summed E-state index contributed by atoms with van der Waals surface area (Å²) >= 11 is 0. The van der Waals surface area contributed by atoms with Crippen LogP contribution in [0.15, 0.2) is 36.9 Å². The van der Waals surface area contributed by atoms with Crippen LogP contribution in [0.3, 0.4) is 0 Å². The van der Waals surface area contributed by atoms with Gasteiger partial charge < -0.3 is 10.1 Å². The molecule has 2 aromatic rings. The lowest BCUT2D eigenvalue weighted by atomic mass is 10.0. The maximum absolute atomic E-state index is 12.3. The molecule has 6 nitrogen and oxygen atoms in total. The average molecular weight is 272 g/mol. The molecule has 1 aliphatic heterocycles. The first-order valence-electron chi connectivity index (χ1n) is 6.62. The van der Waals surface area contributed by atoms with E-state index in [9.17, 15) is 4.79 Å². The van der Waals surface area contributed by atoms with Gasteiger partial charge in [-0.3, -0.25) is 4.79 Å². The topological polar surface area (TPSA) is 69.0 Å². The molecule has 1 aromatic heterocycles. The number of carbonyl (C=O) groups excluding carboxylic acids is 1. The molecule has 0 saturated heterocycles. The van der Waals surface area contributed by atoms with Gasteiger partial charge in [0, 0.05) is 12.0 Å². The number of amides is 1. The van der Waals surface area contributed by atoms with Crippen molar-refractivity contribution in [3.63, 3.8) is 0 Å². The monoisotopic (exact) mass is 272 g/mol. The van der Waals surface area contributed by atoms with Crippen molar-refractivity contribution in [2.45, 2.75) is 25.4 Å². The van der Waals surface area contributed by atoms with E-state index in [1.165, 1.54) is 6.33 Å². The third-order valence-corrected chi connectivity index (χ3v) is 3.49. The predicted octanol–water partition coefficient (Wildman–Crippen LogP) is 1.48. The van der Waals surface area contributed by atoms with Gasteiger partial charge in [-0.05, 0) is 13.0 Å². The van der Waals surface area contributed by atoms with Crippen LogP contribution in [-0.4, -0.2) is 27.3 Å². The van der Waals surface area contributed by atoms with Crippen LogP contribution in [0.2, 0.25) is 0 Å². The molecule has 0 saturated carbocycles. The molecule has 20 heavy (non-hydrogen) atoms. The van der Waals surface area contributed by atoms with Crippen LogP contribution in [0.25, 0.3) is 0 Å². The fourth-order valence-corrected chi connectivity index (χ4v) is 2.32. The molecule has 0 spiro atoms. The van der Waals surface area contributed by atoms with E-state index >= 15 is 0 Å². The van der Waals surface area contributed by atoms with Crippen LogP contribution < -0.4 is 10.1 Å². The Bertz CT molecular complexity index is 597. The number of nitrogens with zero attached hydrogens (tertiary/aromatic N) is 3. The second kappa shape index (κ2) is 5.32. The van der Waals surface area contributed by atoms with Crippen molar-refractivity contribution in [2.75, 3.05) is 6.61 Å². The Morgan fingerprint density at radius 3 is 3.15 bits per heavy atom. The fraction of sp³-hybridized carbons (Fsp3) is 0.357. The van der Waals surface area contributed by atoms with Crippen LogP contribution in [-0.2, 0) is 4.79 Å². The normalized spacial score (nSPS) is 18.8. The fourth-order valence-electron chi connectivity index (χ4n) is 2.32. The SMILES string of the molecule is CC(C(=O)NC1CCOc2ccccc21)n1cncn1. The first-order chi connectivity index (χ1) is 9.75. The number of hydrogen-bond acceptors (Lipinski definition) is 4. The highest BCUT2D eigenvalue weighted by atomic mass is 16.5. The third-order valence-electron chi connectivity index (χ3n) is 3.49. The van der Waals surface area contributed by atoms with Crippen LogP contribution >= 0.6 is 0 Å². The highest BCUT2D eigenvalue weighted by Gasteiger charge is 2.25. The van der Waals surface area contributed by atoms with Crippen molar-refractivity contribution in [2.24, 2.45) is 0 Å². The lowest BCUT2D eigenvalue weighted by molar-refractivity contribution is -0.125. The number of aromatic nitrogens is 3. The Hall–Kier alpha value is -2.37. The maximum atomic E-state index is 12.3. The van der Waals surface area contributed by atoms with Crippen molar-refractivity contribution in [1.29, 1.82) is 0 Å². The lowest BCUT2D eigenvalue weighted by Gasteiger charge is -2.27. The largest absolute Gasteiger partial charge is 0.493 e. The zero-order chi connectivity index (χ0) is 13.9. The number of benzene rings is 1. The van der Waals surface area contributed by atoms with Crippen LogP contribution in [0, 0.1) is 0 Å². The Labute approximate surface area is 116 Å². The first kappa shape index (κ1) is 12.7. The van der Waals surface area contributed by atoms with Crippen molar-refractivity contribution in [3.05, 3.63) is 42.5 Å². The summed E-state index contributed by atoms with van der Waals surface area (Å²) in [5.41, 5.74) is 1.03. The molecule has 1 aromatic carbocycles. The lowest BCUT2D eigenvalue weighted by Crippen LogP contribution is -2.36. The first-order valence-corrected chi connectivity index (χ1v) is 6.62. The molecular formula is C14H16N4O2. The van der Waals surface area contributed by atoms with Crippen molar-refractivity contribution >= 4 is 5.91 Å². The van der Waals surface area contributed by atoms with Crippen molar-refractivity contribution < 1.29 is 9.53 Å². The number of para-hydroxylation sites is 1. The number of ether oxygens (including phenoxy) is 1. The molecule has 1 aliphatic rings. The van der Waals surface area contributed by atoms with Crippen LogP contribution in [0.4, 0.5) is 0 Å². The summed E-state index contributed by atoms with van der Waals surface area (Å²) in [5.74, 6) is 0.773. The van der Waals surface area contributed by atoms with Gasteiger partial charge in [-0.15, -0.1) is 0 Å². The van der Waals surface area contributed by atoms with Crippen molar-refractivity contribution in [1.82, 2.24) is 20.1 Å². The predicted molar refractivity (Wildman–Crippen MR) is 72.2 cm³/mol. The molecular weight excluding hydrogens is 256 g/mol. The van der Waals surface area contributed by atoms with E-state index in [4.69, 9.17) is 4.74 Å². The maximum Gasteiger partial charge on any atom is 0.245 e. The van der Waals surface area contributed by atoms with E-state index in [1.807, 2.05) is 24.3 Å². The molecule has 1 N–H and O–H groups in total. The Balaban J connectivity index is 1.74. The number of hydrogen-bond donors (Lipinski definition) is 1. The molecule has 2 atom stereocenters. The van der Waals surface area contributed by atoms with Crippen LogP contribution in [0.1, 0.15) is 31.0 Å². The standard InChI is InChI=1S/C14H16N4O2/c1-10(18-9-15-8-16-18)14(19)17-12-6-7-20-13-5-3-2-4-11(12)13/h2-5,8-10,12H,6-7H2,1H3,(H,17,19). The van der Waals surface area contributed by atoms with Gasteiger partial charge in [-0.2, -0.15) is 5.10 Å². The second-order valence-electron chi connectivity index (χ2n) is 4.79. The van der Waals surface area contributed by atoms with Crippen molar-refractivity contribution in [3.8, 4) is 5.75 Å². The van der Waals surface area contributed by atoms with Gasteiger partial charge in [0.2, 0.25) is 5.91 Å². The second-order valence-corrected chi connectivity index (χ2v) is 4.79. The molecule has 0 aliphatic carbocycles. The molecule has 104 valence electrons. The zero-order valence-corrected chi connectivity index (χ0v) is 11.2. The van der Waals surface area contributed by atoms with E-state index in [-0.39, 0.29) is 18.0 Å². The Morgan fingerprint density at radius 1 is 1.50 bits per heavy atom. The molecule has 0 radical (unpaired) electrons. The van der Waals surface area contributed by atoms with E-state index in [0.717, 1.165) is 17.7 Å². The van der Waals surface area contributed by atoms with E-state index < -0.39 is 0 Å². The summed E-state index contributed by atoms with van der Waals surface area (Å²) in [6.45, 7) is 2.41. The molecule has 3 rings (SSSR count). The van der Waals surface area contributed by atoms with E-state index in [0.29, 0.717) is 6.61 Å². The number of carbonyl (C=O) groups is 1. The van der Waals surface area contributed by atoms with Gasteiger partial charge in [0.25, 0.3) is 0 Å². The average Bonchev–Trinajstić information content (AvgIpc) is 3.01. The minimum atomic E-state index is -0.382. The summed E-state index contributed by atoms with van der Waals surface area (Å²) < 4.78 is 7.13. The highest BCUT2D eigenvalue weighted by molar-refractivity contribution is 5.80. The van der Waals surface area contributed by atoms with Gasteiger partial charge in [0.05, 0.1) is 12.6 Å². The number of nitrogens with one attached hydrogen (secondary N) is 1. The van der Waals surface area contributed by atoms with Crippen LogP contribution in [0.5, 0.6) is 5.75 Å². The summed E-state index contributed by atoms with van der Waals surface area (Å²) in [6, 6.07) is 7.40. The molecule has 0 fully saturated rings. The smallest absolute Gasteiger partial charge is 0.245 e. The van der Waals surface area contributed by atoms with Gasteiger partial charge in [0.1, 0.15) is 24.4 Å².